The molecular weight excluding hydrogens is 222 g/mol. The summed E-state index contributed by atoms with van der Waals surface area (Å²) in [5, 5.41) is 3.60. The van der Waals surface area contributed by atoms with Crippen LogP contribution in [-0.2, 0) is 6.54 Å². The number of hydrogen-bond donors (Lipinski definition) is 1. The zero-order chi connectivity index (χ0) is 13.4. The topological polar surface area (TPSA) is 29.9 Å². The first-order chi connectivity index (χ1) is 8.60. The van der Waals surface area contributed by atoms with Crippen molar-refractivity contribution in [3.8, 4) is 0 Å². The van der Waals surface area contributed by atoms with Crippen LogP contribution in [0.5, 0.6) is 0 Å². The highest BCUT2D eigenvalue weighted by atomic mass is 15.0. The fourth-order valence-electron chi connectivity index (χ4n) is 1.89. The van der Waals surface area contributed by atoms with Gasteiger partial charge in [0.2, 0.25) is 0 Å². The van der Waals surface area contributed by atoms with Gasteiger partial charge in [0.25, 0.3) is 0 Å². The van der Waals surface area contributed by atoms with Crippen LogP contribution >= 0.6 is 0 Å². The van der Waals surface area contributed by atoms with Crippen molar-refractivity contribution in [3.05, 3.63) is 30.5 Å². The Morgan fingerprint density at radius 1 is 1.39 bits per heavy atom. The van der Waals surface area contributed by atoms with E-state index in [0.717, 1.165) is 32.4 Å². The van der Waals surface area contributed by atoms with Crippen molar-refractivity contribution in [2.24, 2.45) is 5.41 Å². The number of imidazole rings is 1. The number of rotatable bonds is 8. The lowest BCUT2D eigenvalue weighted by atomic mass is 9.85. The number of aromatic nitrogens is 2. The van der Waals surface area contributed by atoms with E-state index in [1.54, 1.807) is 0 Å². The highest BCUT2D eigenvalue weighted by molar-refractivity contribution is 5.09. The minimum Gasteiger partial charge on any atom is -0.388 e. The fraction of sp³-hybridized carbons (Fsp3) is 0.667. The zero-order valence-corrected chi connectivity index (χ0v) is 12.2. The molecule has 0 aliphatic carbocycles. The summed E-state index contributed by atoms with van der Waals surface area (Å²) in [4.78, 5) is 4.05. The molecule has 0 unspecified atom stereocenters. The third-order valence-corrected chi connectivity index (χ3v) is 3.49. The van der Waals surface area contributed by atoms with E-state index >= 15 is 0 Å². The maximum Gasteiger partial charge on any atom is 0.0945 e. The molecular formula is C15H27N3. The molecule has 0 atom stereocenters. The first kappa shape index (κ1) is 14.8. The van der Waals surface area contributed by atoms with Gasteiger partial charge in [-0.05, 0) is 19.3 Å². The van der Waals surface area contributed by atoms with Crippen LogP contribution in [0, 0.1) is 5.41 Å². The average Bonchev–Trinajstić information content (AvgIpc) is 2.86. The lowest BCUT2D eigenvalue weighted by Gasteiger charge is -2.28. The van der Waals surface area contributed by atoms with Gasteiger partial charge < -0.3 is 9.88 Å². The van der Waals surface area contributed by atoms with Crippen molar-refractivity contribution in [2.75, 3.05) is 6.54 Å². The Labute approximate surface area is 111 Å². The first-order valence-electron chi connectivity index (χ1n) is 7.00. The van der Waals surface area contributed by atoms with E-state index in [2.05, 4.69) is 48.6 Å². The molecule has 0 radical (unpaired) electrons. The lowest BCUT2D eigenvalue weighted by molar-refractivity contribution is 0.393. The largest absolute Gasteiger partial charge is 0.388 e. The minimum absolute atomic E-state index is 0.255. The van der Waals surface area contributed by atoms with Gasteiger partial charge in [0, 0.05) is 36.6 Å². The Balaban J connectivity index is 2.37. The summed E-state index contributed by atoms with van der Waals surface area (Å²) in [6.07, 6.45) is 11.4. The third kappa shape index (κ3) is 4.55. The quantitative estimate of drug-likeness (QED) is 0.713. The Kier molecular flexibility index (Phi) is 5.96. The van der Waals surface area contributed by atoms with Gasteiger partial charge >= 0.3 is 0 Å². The number of allylic oxidation sites excluding steroid dienone is 2. The van der Waals surface area contributed by atoms with Gasteiger partial charge in [-0.25, -0.2) is 4.98 Å². The molecule has 0 saturated carbocycles. The molecule has 1 aromatic heterocycles. The molecule has 0 fully saturated rings. The molecule has 0 aliphatic rings. The van der Waals surface area contributed by atoms with Crippen LogP contribution in [0.4, 0.5) is 0 Å². The Hall–Kier alpha value is -1.25. The second-order valence-corrected chi connectivity index (χ2v) is 5.34. The molecule has 0 aliphatic heterocycles. The Bertz CT molecular complexity index is 350. The van der Waals surface area contributed by atoms with Crippen LogP contribution in [0.25, 0.3) is 0 Å². The van der Waals surface area contributed by atoms with Gasteiger partial charge in [0.05, 0.1) is 6.33 Å². The van der Waals surface area contributed by atoms with Crippen molar-refractivity contribution >= 4 is 0 Å². The van der Waals surface area contributed by atoms with Crippen LogP contribution in [0.2, 0.25) is 0 Å². The molecule has 1 N–H and O–H groups in total. The van der Waals surface area contributed by atoms with E-state index in [9.17, 15) is 0 Å². The van der Waals surface area contributed by atoms with Crippen molar-refractivity contribution in [1.29, 1.82) is 0 Å². The van der Waals surface area contributed by atoms with Crippen LogP contribution in [0.1, 0.15) is 47.0 Å². The molecule has 1 heterocycles. The summed E-state index contributed by atoms with van der Waals surface area (Å²) >= 11 is 0. The number of hydrogen-bond acceptors (Lipinski definition) is 2. The third-order valence-electron chi connectivity index (χ3n) is 3.49. The Morgan fingerprint density at radius 3 is 2.72 bits per heavy atom. The highest BCUT2D eigenvalue weighted by Gasteiger charge is 2.19. The van der Waals surface area contributed by atoms with E-state index in [1.807, 2.05) is 18.7 Å². The monoisotopic (exact) mass is 249 g/mol. The number of nitrogens with one attached hydrogen (secondary N) is 1. The zero-order valence-electron chi connectivity index (χ0n) is 12.2. The van der Waals surface area contributed by atoms with Gasteiger partial charge in [-0.1, -0.05) is 33.8 Å². The number of nitrogens with zero attached hydrogens (tertiary/aromatic N) is 2. The maximum atomic E-state index is 4.05. The van der Waals surface area contributed by atoms with Crippen LogP contribution < -0.4 is 5.32 Å². The standard InChI is InChI=1S/C15H27N3/c1-5-8-14(15(3,4)6-2)17-9-7-11-18-12-10-16-13-18/h8,10,12-13,17H,5-7,9,11H2,1-4H3/b14-8+. The second kappa shape index (κ2) is 7.24. The molecule has 1 rings (SSSR count). The highest BCUT2D eigenvalue weighted by Crippen LogP contribution is 2.28. The maximum absolute atomic E-state index is 4.05. The van der Waals surface area contributed by atoms with Crippen molar-refractivity contribution in [1.82, 2.24) is 14.9 Å². The van der Waals surface area contributed by atoms with Crippen molar-refractivity contribution in [2.45, 2.75) is 53.5 Å². The average molecular weight is 249 g/mol. The van der Waals surface area contributed by atoms with E-state index < -0.39 is 0 Å². The van der Waals surface area contributed by atoms with E-state index in [1.165, 1.54) is 5.70 Å². The SMILES string of the molecule is CC/C=C(/NCCCn1ccnc1)C(C)(C)CC. The molecule has 3 heteroatoms. The second-order valence-electron chi connectivity index (χ2n) is 5.34. The Morgan fingerprint density at radius 2 is 2.17 bits per heavy atom. The number of aryl methyl sites for hydroxylation is 1. The first-order valence-corrected chi connectivity index (χ1v) is 7.00. The van der Waals surface area contributed by atoms with Crippen LogP contribution in [0.3, 0.4) is 0 Å². The van der Waals surface area contributed by atoms with Crippen molar-refractivity contribution < 1.29 is 0 Å². The van der Waals surface area contributed by atoms with Crippen molar-refractivity contribution in [3.63, 3.8) is 0 Å². The van der Waals surface area contributed by atoms with E-state index in [-0.39, 0.29) is 5.41 Å². The summed E-state index contributed by atoms with van der Waals surface area (Å²) in [7, 11) is 0. The fourth-order valence-corrected chi connectivity index (χ4v) is 1.89. The smallest absolute Gasteiger partial charge is 0.0945 e. The van der Waals surface area contributed by atoms with E-state index in [4.69, 9.17) is 0 Å². The molecule has 0 amide bonds. The van der Waals surface area contributed by atoms with Crippen LogP contribution in [0.15, 0.2) is 30.5 Å². The predicted octanol–water partition coefficient (Wildman–Crippen LogP) is 3.59. The molecule has 0 bridgehead atoms. The molecule has 102 valence electrons. The summed E-state index contributed by atoms with van der Waals surface area (Å²) in [6.45, 7) is 11.1. The predicted molar refractivity (Wildman–Crippen MR) is 77.3 cm³/mol. The van der Waals surface area contributed by atoms with Gasteiger partial charge in [0.1, 0.15) is 0 Å². The van der Waals surface area contributed by atoms with Gasteiger partial charge in [-0.3, -0.25) is 0 Å². The van der Waals surface area contributed by atoms with E-state index in [0.29, 0.717) is 0 Å². The van der Waals surface area contributed by atoms with Crippen LogP contribution in [-0.4, -0.2) is 16.1 Å². The summed E-state index contributed by atoms with van der Waals surface area (Å²) in [5.41, 5.74) is 1.64. The molecule has 3 nitrogen and oxygen atoms in total. The molecule has 0 spiro atoms. The summed E-state index contributed by atoms with van der Waals surface area (Å²) < 4.78 is 2.12. The molecule has 0 aromatic carbocycles. The molecule has 1 aromatic rings. The normalized spacial score (nSPS) is 12.8. The van der Waals surface area contributed by atoms with Gasteiger partial charge in [0.15, 0.2) is 0 Å². The van der Waals surface area contributed by atoms with Gasteiger partial charge in [-0.2, -0.15) is 0 Å². The lowest BCUT2D eigenvalue weighted by Crippen LogP contribution is -2.27. The van der Waals surface area contributed by atoms with Gasteiger partial charge in [-0.15, -0.1) is 0 Å². The molecule has 18 heavy (non-hydrogen) atoms. The summed E-state index contributed by atoms with van der Waals surface area (Å²) in [6, 6.07) is 0. The molecule has 0 saturated heterocycles. The minimum atomic E-state index is 0.255. The summed E-state index contributed by atoms with van der Waals surface area (Å²) in [5.74, 6) is 0.